The Hall–Kier alpha value is -0.920. The molecule has 0 amide bonds. The van der Waals surface area contributed by atoms with E-state index in [2.05, 4.69) is 15.9 Å². The Morgan fingerprint density at radius 2 is 1.88 bits per heavy atom. The summed E-state index contributed by atoms with van der Waals surface area (Å²) in [5.41, 5.74) is 0. The van der Waals surface area contributed by atoms with Crippen LogP contribution in [0, 0.1) is 0 Å². The maximum atomic E-state index is 10.5. The highest BCUT2D eigenvalue weighted by atomic mass is 79.9. The van der Waals surface area contributed by atoms with Gasteiger partial charge in [0.05, 0.1) is 13.1 Å². The van der Waals surface area contributed by atoms with Gasteiger partial charge in [-0.3, -0.25) is 14.5 Å². The van der Waals surface area contributed by atoms with E-state index in [1.54, 1.807) is 0 Å². The number of nitrogens with zero attached hydrogens (tertiary/aromatic N) is 1. The van der Waals surface area contributed by atoms with Crippen LogP contribution < -0.4 is 0 Å². The molecule has 88 valence electrons. The van der Waals surface area contributed by atoms with Crippen molar-refractivity contribution >= 4 is 39.2 Å². The molecule has 7 heteroatoms. The maximum absolute atomic E-state index is 10.5. The molecule has 0 saturated carbocycles. The van der Waals surface area contributed by atoms with Crippen molar-refractivity contribution in [2.24, 2.45) is 0 Å². The summed E-state index contributed by atoms with van der Waals surface area (Å²) in [7, 11) is 0. The van der Waals surface area contributed by atoms with Crippen LogP contribution >= 0.6 is 27.3 Å². The van der Waals surface area contributed by atoms with Gasteiger partial charge in [0.15, 0.2) is 0 Å². The Bertz CT molecular complexity index is 377. The fourth-order valence-electron chi connectivity index (χ4n) is 1.21. The molecule has 1 heterocycles. The summed E-state index contributed by atoms with van der Waals surface area (Å²) in [4.78, 5) is 23.4. The summed E-state index contributed by atoms with van der Waals surface area (Å²) in [6.07, 6.45) is 0. The summed E-state index contributed by atoms with van der Waals surface area (Å²) in [5.74, 6) is -2.06. The number of thiophene rings is 1. The van der Waals surface area contributed by atoms with Crippen molar-refractivity contribution in [3.8, 4) is 0 Å². The third kappa shape index (κ3) is 4.73. The molecule has 1 rings (SSSR count). The third-order valence-corrected chi connectivity index (χ3v) is 3.40. The summed E-state index contributed by atoms with van der Waals surface area (Å²) in [5, 5.41) is 19.1. The van der Waals surface area contributed by atoms with Gasteiger partial charge in [0.25, 0.3) is 0 Å². The van der Waals surface area contributed by atoms with Crippen LogP contribution in [0.5, 0.6) is 0 Å². The second kappa shape index (κ2) is 5.97. The minimum Gasteiger partial charge on any atom is -0.480 e. The van der Waals surface area contributed by atoms with Crippen LogP contribution in [0.15, 0.2) is 15.9 Å². The van der Waals surface area contributed by atoms with Gasteiger partial charge in [-0.15, -0.1) is 11.3 Å². The molecule has 0 fully saturated rings. The molecule has 0 saturated heterocycles. The SMILES string of the molecule is O=C(O)CN(CC(=O)O)Cc1cc(Br)cs1. The van der Waals surface area contributed by atoms with E-state index in [-0.39, 0.29) is 13.1 Å². The number of hydrogen-bond acceptors (Lipinski definition) is 4. The first kappa shape index (κ1) is 13.1. The molecule has 0 aromatic carbocycles. The maximum Gasteiger partial charge on any atom is 0.317 e. The van der Waals surface area contributed by atoms with E-state index in [1.807, 2.05) is 11.4 Å². The molecule has 0 spiro atoms. The molecule has 0 atom stereocenters. The molecule has 0 aliphatic heterocycles. The lowest BCUT2D eigenvalue weighted by Gasteiger charge is -2.16. The lowest BCUT2D eigenvalue weighted by Crippen LogP contribution is -2.33. The van der Waals surface area contributed by atoms with Crippen molar-refractivity contribution in [1.82, 2.24) is 4.90 Å². The molecule has 1 aromatic heterocycles. The van der Waals surface area contributed by atoms with Gasteiger partial charge in [-0.05, 0) is 22.0 Å². The number of hydrogen-bond donors (Lipinski definition) is 2. The number of rotatable bonds is 6. The predicted molar refractivity (Wildman–Crippen MR) is 62.6 cm³/mol. The number of carboxylic acid groups (broad SMARTS) is 2. The van der Waals surface area contributed by atoms with Gasteiger partial charge < -0.3 is 10.2 Å². The zero-order valence-corrected chi connectivity index (χ0v) is 10.6. The Labute approximate surface area is 104 Å². The van der Waals surface area contributed by atoms with Crippen LogP contribution in [0.3, 0.4) is 0 Å². The molecule has 0 bridgehead atoms. The second-order valence-electron chi connectivity index (χ2n) is 3.16. The number of halogens is 1. The lowest BCUT2D eigenvalue weighted by molar-refractivity contribution is -0.141. The average Bonchev–Trinajstić information content (AvgIpc) is 2.48. The first-order valence-corrected chi connectivity index (χ1v) is 6.03. The molecule has 1 aromatic rings. The van der Waals surface area contributed by atoms with Crippen LogP contribution in [0.25, 0.3) is 0 Å². The van der Waals surface area contributed by atoms with E-state index >= 15 is 0 Å². The zero-order valence-electron chi connectivity index (χ0n) is 8.22. The second-order valence-corrected chi connectivity index (χ2v) is 5.08. The summed E-state index contributed by atoms with van der Waals surface area (Å²) < 4.78 is 0.915. The van der Waals surface area contributed by atoms with Crippen molar-refractivity contribution < 1.29 is 19.8 Å². The third-order valence-electron chi connectivity index (χ3n) is 1.72. The van der Waals surface area contributed by atoms with E-state index in [9.17, 15) is 9.59 Å². The Morgan fingerprint density at radius 3 is 2.25 bits per heavy atom. The van der Waals surface area contributed by atoms with E-state index in [4.69, 9.17) is 10.2 Å². The van der Waals surface area contributed by atoms with Gasteiger partial charge in [0.2, 0.25) is 0 Å². The minimum atomic E-state index is -1.03. The summed E-state index contributed by atoms with van der Waals surface area (Å²) >= 11 is 4.74. The fraction of sp³-hybridized carbons (Fsp3) is 0.333. The van der Waals surface area contributed by atoms with Crippen molar-refractivity contribution in [3.05, 3.63) is 20.8 Å². The van der Waals surface area contributed by atoms with Crippen LogP contribution in [-0.4, -0.2) is 40.1 Å². The number of carboxylic acids is 2. The van der Waals surface area contributed by atoms with E-state index in [1.165, 1.54) is 16.2 Å². The largest absolute Gasteiger partial charge is 0.480 e. The highest BCUT2D eigenvalue weighted by molar-refractivity contribution is 9.10. The van der Waals surface area contributed by atoms with Gasteiger partial charge in [0.1, 0.15) is 0 Å². The van der Waals surface area contributed by atoms with E-state index in [0.29, 0.717) is 6.54 Å². The fourth-order valence-corrected chi connectivity index (χ4v) is 2.70. The normalized spacial score (nSPS) is 10.6. The van der Waals surface area contributed by atoms with Gasteiger partial charge in [-0.25, -0.2) is 0 Å². The molecular weight excluding hydrogens is 298 g/mol. The predicted octanol–water partition coefficient (Wildman–Crippen LogP) is 1.48. The monoisotopic (exact) mass is 307 g/mol. The minimum absolute atomic E-state index is 0.276. The smallest absolute Gasteiger partial charge is 0.317 e. The standard InChI is InChI=1S/C9H10BrNO4S/c10-6-1-7(16-5-6)2-11(3-8(12)13)4-9(14)15/h1,5H,2-4H2,(H,12,13)(H,14,15). The molecule has 0 aliphatic carbocycles. The topological polar surface area (TPSA) is 77.8 Å². The highest BCUT2D eigenvalue weighted by Crippen LogP contribution is 2.20. The number of carbonyl (C=O) groups is 2. The van der Waals surface area contributed by atoms with E-state index < -0.39 is 11.9 Å². The van der Waals surface area contributed by atoms with Gasteiger partial charge >= 0.3 is 11.9 Å². The average molecular weight is 308 g/mol. The molecule has 0 aliphatic rings. The molecular formula is C9H10BrNO4S. The first-order chi connectivity index (χ1) is 7.47. The molecule has 0 unspecified atom stereocenters. The van der Waals surface area contributed by atoms with Crippen LogP contribution in [0.2, 0.25) is 0 Å². The zero-order chi connectivity index (χ0) is 12.1. The van der Waals surface area contributed by atoms with Crippen LogP contribution in [-0.2, 0) is 16.1 Å². The van der Waals surface area contributed by atoms with Crippen molar-refractivity contribution in [1.29, 1.82) is 0 Å². The molecule has 5 nitrogen and oxygen atoms in total. The summed E-state index contributed by atoms with van der Waals surface area (Å²) in [6.45, 7) is -0.224. The van der Waals surface area contributed by atoms with Crippen molar-refractivity contribution in [3.63, 3.8) is 0 Å². The van der Waals surface area contributed by atoms with Gasteiger partial charge in [0, 0.05) is 21.3 Å². The van der Waals surface area contributed by atoms with Crippen molar-refractivity contribution in [2.75, 3.05) is 13.1 Å². The molecule has 2 N–H and O–H groups in total. The van der Waals surface area contributed by atoms with Crippen LogP contribution in [0.1, 0.15) is 4.88 Å². The van der Waals surface area contributed by atoms with Gasteiger partial charge in [-0.2, -0.15) is 0 Å². The van der Waals surface area contributed by atoms with Crippen molar-refractivity contribution in [2.45, 2.75) is 6.54 Å². The Kier molecular flexibility index (Phi) is 4.91. The highest BCUT2D eigenvalue weighted by Gasteiger charge is 2.14. The molecule has 16 heavy (non-hydrogen) atoms. The lowest BCUT2D eigenvalue weighted by atomic mass is 10.4. The Balaban J connectivity index is 2.62. The number of aliphatic carboxylic acids is 2. The quantitative estimate of drug-likeness (QED) is 0.832. The van der Waals surface area contributed by atoms with Gasteiger partial charge in [-0.1, -0.05) is 0 Å². The Morgan fingerprint density at radius 1 is 1.31 bits per heavy atom. The van der Waals surface area contributed by atoms with Crippen LogP contribution in [0.4, 0.5) is 0 Å². The molecule has 0 radical (unpaired) electrons. The summed E-state index contributed by atoms with van der Waals surface area (Å²) in [6, 6.07) is 1.85. The van der Waals surface area contributed by atoms with E-state index in [0.717, 1.165) is 9.35 Å². The first-order valence-electron chi connectivity index (χ1n) is 4.36.